The lowest BCUT2D eigenvalue weighted by molar-refractivity contribution is 0.628. The third-order valence-corrected chi connectivity index (χ3v) is 3.97. The fraction of sp³-hybridized carbons (Fsp3) is 0.389. The second-order valence-electron chi connectivity index (χ2n) is 6.12. The molecule has 0 fully saturated rings. The third-order valence-electron chi connectivity index (χ3n) is 3.66. The molecule has 0 aliphatic carbocycles. The highest BCUT2D eigenvalue weighted by molar-refractivity contribution is 6.30. The van der Waals surface area contributed by atoms with Crippen LogP contribution in [0.2, 0.25) is 5.02 Å². The molecule has 1 aromatic carbocycles. The van der Waals surface area contributed by atoms with Crippen LogP contribution in [0, 0.1) is 5.82 Å². The molecule has 0 unspecified atom stereocenters. The highest BCUT2D eigenvalue weighted by Gasteiger charge is 2.18. The van der Waals surface area contributed by atoms with Gasteiger partial charge in [0.05, 0.1) is 10.7 Å². The maximum absolute atomic E-state index is 13.5. The van der Waals surface area contributed by atoms with E-state index in [4.69, 9.17) is 16.6 Å². The van der Waals surface area contributed by atoms with Gasteiger partial charge in [0.2, 0.25) is 0 Å². The van der Waals surface area contributed by atoms with Crippen molar-refractivity contribution in [2.24, 2.45) is 7.05 Å². The Bertz CT molecular complexity index is 699. The maximum atomic E-state index is 13.5. The van der Waals surface area contributed by atoms with E-state index >= 15 is 0 Å². The van der Waals surface area contributed by atoms with Crippen molar-refractivity contribution in [3.05, 3.63) is 51.8 Å². The van der Waals surface area contributed by atoms with Crippen molar-refractivity contribution >= 4 is 23.8 Å². The predicted molar refractivity (Wildman–Crippen MR) is 91.7 cm³/mol. The number of hydrogen-bond donors (Lipinski definition) is 0. The molecule has 0 saturated heterocycles. The lowest BCUT2D eigenvalue weighted by Gasteiger charge is -2.11. The van der Waals surface area contributed by atoms with Gasteiger partial charge in [0, 0.05) is 12.7 Å². The Kier molecular flexibility index (Phi) is 5.07. The van der Waals surface area contributed by atoms with Crippen LogP contribution in [0.5, 0.6) is 0 Å². The maximum Gasteiger partial charge on any atom is 0.142 e. The number of hydrogen-bond acceptors (Lipinski definition) is 1. The van der Waals surface area contributed by atoms with Gasteiger partial charge in [0.25, 0.3) is 0 Å². The molecule has 0 N–H and O–H groups in total. The summed E-state index contributed by atoms with van der Waals surface area (Å²) in [5.41, 5.74) is 3.14. The fourth-order valence-electron chi connectivity index (χ4n) is 2.59. The smallest absolute Gasteiger partial charge is 0.142 e. The lowest BCUT2D eigenvalue weighted by atomic mass is 10.0. The first-order valence-electron chi connectivity index (χ1n) is 7.51. The molecule has 0 bridgehead atoms. The summed E-state index contributed by atoms with van der Waals surface area (Å²) in [6.07, 6.45) is 3.77. The number of nitrogens with zero attached hydrogens (tertiary/aromatic N) is 2. The van der Waals surface area contributed by atoms with E-state index in [-0.39, 0.29) is 5.02 Å². The van der Waals surface area contributed by atoms with E-state index in [2.05, 4.69) is 32.3 Å². The van der Waals surface area contributed by atoms with E-state index in [0.717, 1.165) is 17.1 Å². The molecule has 0 spiro atoms. The standard InChI is InChI=1S/C18H22ClFN2/c1-11(2)17-18(12(3)4)22(5)16(21-17)9-7-13-6-8-14(19)15(20)10-13/h6-12H,1-5H3/b9-7+. The first-order valence-corrected chi connectivity index (χ1v) is 7.88. The van der Waals surface area contributed by atoms with Crippen LogP contribution in [0.25, 0.3) is 12.2 Å². The van der Waals surface area contributed by atoms with Crippen molar-refractivity contribution in [1.29, 1.82) is 0 Å². The molecule has 1 heterocycles. The quantitative estimate of drug-likeness (QED) is 0.714. The van der Waals surface area contributed by atoms with Crippen LogP contribution in [0.4, 0.5) is 4.39 Å². The Morgan fingerprint density at radius 1 is 1.14 bits per heavy atom. The Hall–Kier alpha value is -1.61. The first kappa shape index (κ1) is 16.8. The number of rotatable bonds is 4. The van der Waals surface area contributed by atoms with Gasteiger partial charge in [-0.3, -0.25) is 0 Å². The Morgan fingerprint density at radius 3 is 2.32 bits per heavy atom. The Labute approximate surface area is 136 Å². The number of imidazole rings is 1. The monoisotopic (exact) mass is 320 g/mol. The largest absolute Gasteiger partial charge is 0.331 e. The van der Waals surface area contributed by atoms with Crippen LogP contribution in [-0.4, -0.2) is 9.55 Å². The van der Waals surface area contributed by atoms with Crippen LogP contribution < -0.4 is 0 Å². The summed E-state index contributed by atoms with van der Waals surface area (Å²) < 4.78 is 15.6. The molecular formula is C18H22ClFN2. The fourth-order valence-corrected chi connectivity index (χ4v) is 2.71. The first-order chi connectivity index (χ1) is 10.3. The lowest BCUT2D eigenvalue weighted by Crippen LogP contribution is -2.03. The number of benzene rings is 1. The van der Waals surface area contributed by atoms with Gasteiger partial charge in [0.15, 0.2) is 0 Å². The summed E-state index contributed by atoms with van der Waals surface area (Å²) in [6.45, 7) is 8.64. The minimum atomic E-state index is -0.408. The molecule has 0 amide bonds. The van der Waals surface area contributed by atoms with Crippen molar-refractivity contribution in [3.63, 3.8) is 0 Å². The molecule has 22 heavy (non-hydrogen) atoms. The molecular weight excluding hydrogens is 299 g/mol. The highest BCUT2D eigenvalue weighted by Crippen LogP contribution is 2.27. The summed E-state index contributed by atoms with van der Waals surface area (Å²) in [5, 5.41) is 0.137. The van der Waals surface area contributed by atoms with Gasteiger partial charge in [-0.1, -0.05) is 51.4 Å². The number of halogens is 2. The van der Waals surface area contributed by atoms with Crippen molar-refractivity contribution in [1.82, 2.24) is 9.55 Å². The van der Waals surface area contributed by atoms with Gasteiger partial charge in [-0.2, -0.15) is 0 Å². The molecule has 2 nitrogen and oxygen atoms in total. The zero-order valence-electron chi connectivity index (χ0n) is 13.7. The molecule has 1 aromatic heterocycles. The second-order valence-corrected chi connectivity index (χ2v) is 6.52. The van der Waals surface area contributed by atoms with Crippen molar-refractivity contribution < 1.29 is 4.39 Å². The molecule has 0 aliphatic heterocycles. The third kappa shape index (κ3) is 3.41. The van der Waals surface area contributed by atoms with Crippen molar-refractivity contribution in [2.45, 2.75) is 39.5 Å². The minimum absolute atomic E-state index is 0.137. The van der Waals surface area contributed by atoms with Crippen molar-refractivity contribution in [3.8, 4) is 0 Å². The summed E-state index contributed by atoms with van der Waals surface area (Å²) in [7, 11) is 2.02. The molecule has 4 heteroatoms. The molecule has 0 saturated carbocycles. The van der Waals surface area contributed by atoms with E-state index in [1.54, 1.807) is 12.1 Å². The molecule has 118 valence electrons. The second kappa shape index (κ2) is 6.66. The normalized spacial score (nSPS) is 12.0. The average Bonchev–Trinajstić information content (AvgIpc) is 2.77. The van der Waals surface area contributed by atoms with Crippen LogP contribution in [0.1, 0.15) is 62.3 Å². The molecule has 2 rings (SSSR count). The van der Waals surface area contributed by atoms with Gasteiger partial charge in [-0.15, -0.1) is 0 Å². The molecule has 0 aliphatic rings. The minimum Gasteiger partial charge on any atom is -0.331 e. The van der Waals surface area contributed by atoms with Crippen LogP contribution in [0.3, 0.4) is 0 Å². The van der Waals surface area contributed by atoms with E-state index in [9.17, 15) is 4.39 Å². The zero-order chi connectivity index (χ0) is 16.4. The highest BCUT2D eigenvalue weighted by atomic mass is 35.5. The zero-order valence-corrected chi connectivity index (χ0v) is 14.4. The van der Waals surface area contributed by atoms with Gasteiger partial charge >= 0.3 is 0 Å². The summed E-state index contributed by atoms with van der Waals surface area (Å²) in [5.74, 6) is 1.25. The summed E-state index contributed by atoms with van der Waals surface area (Å²) >= 11 is 5.70. The SMILES string of the molecule is CC(C)c1nc(/C=C/c2ccc(Cl)c(F)c2)n(C)c1C(C)C. The van der Waals surface area contributed by atoms with E-state index in [0.29, 0.717) is 11.8 Å². The van der Waals surface area contributed by atoms with Crippen LogP contribution >= 0.6 is 11.6 Å². The van der Waals surface area contributed by atoms with E-state index in [1.165, 1.54) is 11.8 Å². The Morgan fingerprint density at radius 2 is 1.82 bits per heavy atom. The van der Waals surface area contributed by atoms with Crippen LogP contribution in [0.15, 0.2) is 18.2 Å². The van der Waals surface area contributed by atoms with Gasteiger partial charge < -0.3 is 4.57 Å². The predicted octanol–water partition coefficient (Wildman–Crippen LogP) is 5.63. The van der Waals surface area contributed by atoms with E-state index in [1.807, 2.05) is 19.2 Å². The van der Waals surface area contributed by atoms with Crippen LogP contribution in [-0.2, 0) is 7.05 Å². The summed E-state index contributed by atoms with van der Waals surface area (Å²) in [4.78, 5) is 4.74. The topological polar surface area (TPSA) is 17.8 Å². The molecule has 0 radical (unpaired) electrons. The van der Waals surface area contributed by atoms with Gasteiger partial charge in [0.1, 0.15) is 11.6 Å². The van der Waals surface area contributed by atoms with Crippen molar-refractivity contribution in [2.75, 3.05) is 0 Å². The Balaban J connectivity index is 2.39. The van der Waals surface area contributed by atoms with Gasteiger partial charge in [-0.05, 0) is 35.6 Å². The van der Waals surface area contributed by atoms with E-state index < -0.39 is 5.82 Å². The van der Waals surface area contributed by atoms with Gasteiger partial charge in [-0.25, -0.2) is 9.37 Å². The molecule has 0 atom stereocenters. The average molecular weight is 321 g/mol. The number of aromatic nitrogens is 2. The molecule has 2 aromatic rings. The summed E-state index contributed by atoms with van der Waals surface area (Å²) in [6, 6.07) is 4.78.